The molecule has 0 aliphatic heterocycles. The van der Waals surface area contributed by atoms with Crippen molar-refractivity contribution >= 4 is 11.9 Å². The van der Waals surface area contributed by atoms with E-state index in [0.717, 1.165) is 29.3 Å². The molecule has 5 nitrogen and oxygen atoms in total. The molecule has 184 valence electrons. The molecular weight excluding hydrogens is 490 g/mol. The van der Waals surface area contributed by atoms with Crippen LogP contribution >= 0.6 is 0 Å². The number of esters is 2. The summed E-state index contributed by atoms with van der Waals surface area (Å²) in [5, 5.41) is 8.87. The summed E-state index contributed by atoms with van der Waals surface area (Å²) in [7, 11) is 0. The van der Waals surface area contributed by atoms with E-state index >= 15 is 0 Å². The lowest BCUT2D eigenvalue weighted by molar-refractivity contribution is -0.144. The molecule has 0 atom stereocenters. The second-order valence-electron chi connectivity index (χ2n) is 7.73. The van der Waals surface area contributed by atoms with Gasteiger partial charge in [0.1, 0.15) is 23.7 Å². The minimum Gasteiger partial charge on any atom is -0.426 e. The van der Waals surface area contributed by atoms with Crippen molar-refractivity contribution in [3.63, 3.8) is 0 Å². The van der Waals surface area contributed by atoms with E-state index < -0.39 is 41.6 Å². The van der Waals surface area contributed by atoms with Gasteiger partial charge in [-0.2, -0.15) is 5.26 Å². The van der Waals surface area contributed by atoms with E-state index in [1.807, 2.05) is 6.07 Å². The first-order chi connectivity index (χ1) is 17.7. The average molecular weight is 505 g/mol. The molecule has 0 heterocycles. The number of carbonyl (C=O) groups excluding carboxylic acids is 2. The third-order valence-corrected chi connectivity index (χ3v) is 5.19. The number of nitrogens with zero attached hydrogens (tertiary/aromatic N) is 1. The Morgan fingerprint density at radius 1 is 0.649 bits per heavy atom. The third kappa shape index (κ3) is 6.00. The predicted octanol–water partition coefficient (Wildman–Crippen LogP) is 6.35. The Kier molecular flexibility index (Phi) is 7.30. The molecular formula is C28H15F4NO4. The van der Waals surface area contributed by atoms with E-state index in [2.05, 4.69) is 0 Å². The summed E-state index contributed by atoms with van der Waals surface area (Å²) in [5.74, 6) is -7.63. The van der Waals surface area contributed by atoms with Crippen molar-refractivity contribution in [2.24, 2.45) is 0 Å². The topological polar surface area (TPSA) is 76.4 Å². The van der Waals surface area contributed by atoms with Crippen molar-refractivity contribution in [2.45, 2.75) is 6.42 Å². The van der Waals surface area contributed by atoms with Crippen LogP contribution in [0.15, 0.2) is 78.9 Å². The van der Waals surface area contributed by atoms with Crippen LogP contribution in [0.3, 0.4) is 0 Å². The normalized spacial score (nSPS) is 10.5. The molecule has 0 aliphatic carbocycles. The summed E-state index contributed by atoms with van der Waals surface area (Å²) in [6.45, 7) is 0. The molecule has 0 fully saturated rings. The third-order valence-electron chi connectivity index (χ3n) is 5.19. The van der Waals surface area contributed by atoms with Gasteiger partial charge in [-0.3, -0.25) is 9.59 Å². The average Bonchev–Trinajstić information content (AvgIpc) is 2.87. The van der Waals surface area contributed by atoms with Gasteiger partial charge in [0.25, 0.3) is 0 Å². The van der Waals surface area contributed by atoms with Gasteiger partial charge in [-0.1, -0.05) is 24.3 Å². The minimum atomic E-state index is -1.68. The highest BCUT2D eigenvalue weighted by atomic mass is 19.2. The molecule has 0 unspecified atom stereocenters. The fraction of sp³-hybridized carbons (Fsp3) is 0.0357. The van der Waals surface area contributed by atoms with Gasteiger partial charge in [0.15, 0.2) is 17.5 Å². The number of rotatable bonds is 6. The van der Waals surface area contributed by atoms with Crippen molar-refractivity contribution < 1.29 is 36.6 Å². The van der Waals surface area contributed by atoms with Crippen molar-refractivity contribution in [1.82, 2.24) is 0 Å². The molecule has 0 aromatic heterocycles. The number of hydrogen-bond donors (Lipinski definition) is 0. The second-order valence-corrected chi connectivity index (χ2v) is 7.73. The standard InChI is InChI=1S/C28H15F4NO4/c29-23-13-21(9-10-22(23)19-11-24(30)28(32)25(31)12-19)37-27(35)14-26(34)36-20-7-5-18(6-8-20)17-3-1-16(15-33)2-4-17/h1-13H,14H2. The molecule has 0 bridgehead atoms. The van der Waals surface area contributed by atoms with Crippen LogP contribution in [0, 0.1) is 34.6 Å². The van der Waals surface area contributed by atoms with Crippen LogP contribution in [0.5, 0.6) is 11.5 Å². The van der Waals surface area contributed by atoms with Crippen LogP contribution in [0.2, 0.25) is 0 Å². The lowest BCUT2D eigenvalue weighted by atomic mass is 10.0. The lowest BCUT2D eigenvalue weighted by Gasteiger charge is -2.09. The van der Waals surface area contributed by atoms with Gasteiger partial charge in [-0.25, -0.2) is 17.6 Å². The largest absolute Gasteiger partial charge is 0.426 e. The Hall–Kier alpha value is -4.97. The SMILES string of the molecule is N#Cc1ccc(-c2ccc(OC(=O)CC(=O)Oc3ccc(-c4cc(F)c(F)c(F)c4)c(F)c3)cc2)cc1. The highest BCUT2D eigenvalue weighted by molar-refractivity contribution is 5.93. The van der Waals surface area contributed by atoms with Gasteiger partial charge in [0, 0.05) is 11.6 Å². The minimum absolute atomic E-state index is 0.185. The van der Waals surface area contributed by atoms with Crippen molar-refractivity contribution in [1.29, 1.82) is 5.26 Å². The van der Waals surface area contributed by atoms with Gasteiger partial charge >= 0.3 is 11.9 Å². The Morgan fingerprint density at radius 3 is 1.70 bits per heavy atom. The van der Waals surface area contributed by atoms with Gasteiger partial charge in [0.05, 0.1) is 11.6 Å². The molecule has 0 radical (unpaired) electrons. The first-order valence-electron chi connectivity index (χ1n) is 10.7. The van der Waals surface area contributed by atoms with E-state index in [0.29, 0.717) is 17.7 Å². The monoisotopic (exact) mass is 505 g/mol. The summed E-state index contributed by atoms with van der Waals surface area (Å²) in [5.41, 5.74) is 1.70. The quantitative estimate of drug-likeness (QED) is 0.100. The summed E-state index contributed by atoms with van der Waals surface area (Å²) in [6.07, 6.45) is -0.769. The Balaban J connectivity index is 1.35. The maximum Gasteiger partial charge on any atom is 0.322 e. The number of hydrogen-bond acceptors (Lipinski definition) is 5. The smallest absolute Gasteiger partial charge is 0.322 e. The molecule has 0 aliphatic rings. The van der Waals surface area contributed by atoms with Crippen molar-refractivity contribution in [2.75, 3.05) is 0 Å². The van der Waals surface area contributed by atoms with Crippen LogP contribution in [0.25, 0.3) is 22.3 Å². The fourth-order valence-electron chi connectivity index (χ4n) is 3.41. The first kappa shape index (κ1) is 25.1. The van der Waals surface area contributed by atoms with E-state index in [4.69, 9.17) is 14.7 Å². The van der Waals surface area contributed by atoms with Crippen LogP contribution in [0.4, 0.5) is 17.6 Å². The predicted molar refractivity (Wildman–Crippen MR) is 124 cm³/mol. The zero-order valence-corrected chi connectivity index (χ0v) is 18.8. The molecule has 9 heteroatoms. The molecule has 37 heavy (non-hydrogen) atoms. The zero-order valence-electron chi connectivity index (χ0n) is 18.8. The van der Waals surface area contributed by atoms with E-state index in [-0.39, 0.29) is 22.6 Å². The van der Waals surface area contributed by atoms with E-state index in [1.165, 1.54) is 12.1 Å². The van der Waals surface area contributed by atoms with Gasteiger partial charge in [0.2, 0.25) is 0 Å². The zero-order chi connectivity index (χ0) is 26.5. The summed E-state index contributed by atoms with van der Waals surface area (Å²) < 4.78 is 64.6. The van der Waals surface area contributed by atoms with Crippen LogP contribution < -0.4 is 9.47 Å². The highest BCUT2D eigenvalue weighted by Crippen LogP contribution is 2.29. The fourth-order valence-corrected chi connectivity index (χ4v) is 3.41. The van der Waals surface area contributed by atoms with Gasteiger partial charge in [-0.15, -0.1) is 0 Å². The lowest BCUT2D eigenvalue weighted by Crippen LogP contribution is -2.18. The second kappa shape index (κ2) is 10.7. The maximum absolute atomic E-state index is 14.5. The van der Waals surface area contributed by atoms with Crippen molar-refractivity contribution in [3.05, 3.63) is 108 Å². The molecule has 0 N–H and O–H groups in total. The Labute approximate surface area is 208 Å². The molecule has 0 amide bonds. The van der Waals surface area contributed by atoms with E-state index in [9.17, 15) is 27.2 Å². The summed E-state index contributed by atoms with van der Waals surface area (Å²) in [4.78, 5) is 24.2. The molecule has 4 aromatic carbocycles. The van der Waals surface area contributed by atoms with Gasteiger partial charge < -0.3 is 9.47 Å². The molecule has 0 saturated heterocycles. The van der Waals surface area contributed by atoms with E-state index in [1.54, 1.807) is 36.4 Å². The maximum atomic E-state index is 14.5. The summed E-state index contributed by atoms with van der Waals surface area (Å²) >= 11 is 0. The van der Waals surface area contributed by atoms with Crippen LogP contribution in [-0.4, -0.2) is 11.9 Å². The van der Waals surface area contributed by atoms with Crippen LogP contribution in [0.1, 0.15) is 12.0 Å². The first-order valence-corrected chi connectivity index (χ1v) is 10.7. The number of halogens is 4. The molecule has 4 rings (SSSR count). The Bertz CT molecular complexity index is 1500. The number of benzene rings is 4. The van der Waals surface area contributed by atoms with Gasteiger partial charge in [-0.05, 0) is 65.2 Å². The number of nitriles is 1. The summed E-state index contributed by atoms with van der Waals surface area (Å²) in [6, 6.07) is 19.7. The van der Waals surface area contributed by atoms with Crippen molar-refractivity contribution in [3.8, 4) is 39.8 Å². The number of ether oxygens (including phenoxy) is 2. The molecule has 0 spiro atoms. The molecule has 4 aromatic rings. The Morgan fingerprint density at radius 2 is 1.16 bits per heavy atom. The highest BCUT2D eigenvalue weighted by Gasteiger charge is 2.17. The molecule has 0 saturated carbocycles. The van der Waals surface area contributed by atoms with Crippen LogP contribution in [-0.2, 0) is 9.59 Å². The number of carbonyl (C=O) groups is 2.